The van der Waals surface area contributed by atoms with Crippen molar-refractivity contribution in [1.29, 1.82) is 0 Å². The van der Waals surface area contributed by atoms with E-state index in [1.165, 1.54) is 85.3 Å². The Hall–Kier alpha value is -2.22. The molecule has 0 N–H and O–H groups in total. The van der Waals surface area contributed by atoms with Gasteiger partial charge in [0.2, 0.25) is 0 Å². The van der Waals surface area contributed by atoms with Crippen LogP contribution in [0, 0.1) is 6.92 Å². The molecular weight excluding hydrogens is 719 g/mol. The van der Waals surface area contributed by atoms with Crippen LogP contribution >= 0.6 is 17.0 Å². The van der Waals surface area contributed by atoms with Crippen molar-refractivity contribution in [1.82, 2.24) is 0 Å². The fourth-order valence-corrected chi connectivity index (χ4v) is 5.86. The molecule has 250 valence electrons. The van der Waals surface area contributed by atoms with Gasteiger partial charge in [-0.05, 0) is 46.4 Å². The van der Waals surface area contributed by atoms with Crippen LogP contribution in [0.15, 0.2) is 109 Å². The van der Waals surface area contributed by atoms with Crippen LogP contribution in [0.4, 0.5) is 0 Å². The molecule has 48 heavy (non-hydrogen) atoms. The third-order valence-electron chi connectivity index (χ3n) is 8.48. The number of fused-ring (bicyclic) bond motifs is 2. The van der Waals surface area contributed by atoms with Gasteiger partial charge in [0.1, 0.15) is 0 Å². The van der Waals surface area contributed by atoms with E-state index in [1.54, 1.807) is 0 Å². The van der Waals surface area contributed by atoms with E-state index in [2.05, 4.69) is 171 Å². The summed E-state index contributed by atoms with van der Waals surface area (Å²) in [5, 5.41) is 5.43. The first-order chi connectivity index (χ1) is 23.0. The summed E-state index contributed by atoms with van der Waals surface area (Å²) in [5.74, 6) is 0.580. The minimum atomic E-state index is -0.826. The standard InChI is InChI=1S/C22H25.C20H21.C2H6Si.2ClH.Zr/c1-4-5-7-17-10-12-18(13-11-17)21-9-6-8-19-14-20(16(2)3)15-22(19)21;1-14-12-16-6-5-7-18(19(16)13-14)15-8-10-17(11-9-15)20(2,3)4;1-3-2;;;/h6,8-16H,4-5,7H2,1-3H3;5-13H,1-4H3;1-2H3;2*1H;/q2*-1;;;;+4/p-2. The van der Waals surface area contributed by atoms with E-state index in [0.717, 1.165) is 9.52 Å². The Labute approximate surface area is 312 Å². The molecular formula is C44H52Cl2SiZr. The van der Waals surface area contributed by atoms with Crippen molar-refractivity contribution < 1.29 is 20.8 Å². The summed E-state index contributed by atoms with van der Waals surface area (Å²) in [5.41, 5.74) is 11.1. The van der Waals surface area contributed by atoms with Gasteiger partial charge < -0.3 is 0 Å². The van der Waals surface area contributed by atoms with Crippen LogP contribution in [-0.2, 0) is 32.7 Å². The van der Waals surface area contributed by atoms with Crippen molar-refractivity contribution in [2.45, 2.75) is 92.2 Å². The number of rotatable bonds is 6. The second-order valence-corrected chi connectivity index (χ2v) is 18.5. The van der Waals surface area contributed by atoms with Gasteiger partial charge in [-0.25, -0.2) is 0 Å². The van der Waals surface area contributed by atoms with Crippen LogP contribution in [0.1, 0.15) is 82.6 Å². The molecule has 0 spiro atoms. The molecule has 0 saturated heterocycles. The van der Waals surface area contributed by atoms with Gasteiger partial charge in [-0.2, -0.15) is 12.1 Å². The van der Waals surface area contributed by atoms with Crippen molar-refractivity contribution in [3.05, 3.63) is 131 Å². The maximum absolute atomic E-state index is 4.93. The van der Waals surface area contributed by atoms with Crippen molar-refractivity contribution >= 4 is 48.1 Å². The summed E-state index contributed by atoms with van der Waals surface area (Å²) in [6, 6.07) is 40.6. The molecule has 0 unspecified atom stereocenters. The van der Waals surface area contributed by atoms with E-state index in [4.69, 9.17) is 17.0 Å². The van der Waals surface area contributed by atoms with Crippen molar-refractivity contribution in [2.75, 3.05) is 0 Å². The fourth-order valence-electron chi connectivity index (χ4n) is 5.86. The Kier molecular flexibility index (Phi) is 16.6. The zero-order valence-electron chi connectivity index (χ0n) is 30.3. The molecule has 0 aliphatic carbocycles. The van der Waals surface area contributed by atoms with Crippen molar-refractivity contribution in [3.63, 3.8) is 0 Å². The van der Waals surface area contributed by atoms with Crippen molar-refractivity contribution in [2.24, 2.45) is 0 Å². The number of halogens is 2. The number of aryl methyl sites for hydroxylation is 2. The molecule has 6 rings (SSSR count). The van der Waals surface area contributed by atoms with Crippen LogP contribution in [0.25, 0.3) is 43.8 Å². The first-order valence-corrected chi connectivity index (χ1v) is 25.4. The minimum absolute atomic E-state index is 0.210. The van der Waals surface area contributed by atoms with E-state index in [-0.39, 0.29) is 5.41 Å². The second kappa shape index (κ2) is 19.8. The van der Waals surface area contributed by atoms with Gasteiger partial charge in [0.25, 0.3) is 0 Å². The van der Waals surface area contributed by atoms with Gasteiger partial charge in [0, 0.05) is 9.52 Å². The summed E-state index contributed by atoms with van der Waals surface area (Å²) < 4.78 is 0. The molecule has 0 aromatic heterocycles. The first-order valence-electron chi connectivity index (χ1n) is 17.1. The number of unbranched alkanes of at least 4 members (excludes halogenated alkanes) is 1. The maximum atomic E-state index is 4.93. The average molecular weight is 771 g/mol. The Balaban J connectivity index is 0.000000225. The van der Waals surface area contributed by atoms with Crippen LogP contribution in [-0.4, -0.2) is 9.52 Å². The van der Waals surface area contributed by atoms with E-state index < -0.39 is 20.8 Å². The van der Waals surface area contributed by atoms with Gasteiger partial charge in [0.15, 0.2) is 0 Å². The molecule has 0 aliphatic heterocycles. The van der Waals surface area contributed by atoms with E-state index in [1.807, 2.05) is 0 Å². The Morgan fingerprint density at radius 1 is 0.729 bits per heavy atom. The number of hydrogen-bond donors (Lipinski definition) is 0. The van der Waals surface area contributed by atoms with E-state index in [9.17, 15) is 0 Å². The number of benzene rings is 4. The Bertz CT molecular complexity index is 1800. The fraction of sp³-hybridized carbons (Fsp3) is 0.318. The Morgan fingerprint density at radius 3 is 1.69 bits per heavy atom. The monoisotopic (exact) mass is 768 g/mol. The second-order valence-electron chi connectivity index (χ2n) is 13.8. The molecule has 6 aromatic carbocycles. The molecule has 0 saturated carbocycles. The third-order valence-corrected chi connectivity index (χ3v) is 8.48. The van der Waals surface area contributed by atoms with Gasteiger partial charge in [-0.15, -0.1) is 69.1 Å². The van der Waals surface area contributed by atoms with Crippen LogP contribution in [0.5, 0.6) is 0 Å². The van der Waals surface area contributed by atoms with E-state index >= 15 is 0 Å². The van der Waals surface area contributed by atoms with Crippen LogP contribution in [0.3, 0.4) is 0 Å². The molecule has 0 nitrogen and oxygen atoms in total. The molecule has 2 radical (unpaired) electrons. The Morgan fingerprint density at radius 2 is 1.21 bits per heavy atom. The summed E-state index contributed by atoms with van der Waals surface area (Å²) in [7, 11) is 11.0. The molecule has 4 heteroatoms. The van der Waals surface area contributed by atoms with E-state index in [0.29, 0.717) is 5.92 Å². The zero-order chi connectivity index (χ0) is 35.3. The molecule has 6 aromatic rings. The van der Waals surface area contributed by atoms with Gasteiger partial charge in [0.05, 0.1) is 0 Å². The third kappa shape index (κ3) is 11.4. The normalized spacial score (nSPS) is 10.8. The predicted octanol–water partition coefficient (Wildman–Crippen LogP) is 14.7. The molecule has 0 bridgehead atoms. The number of hydrogen-bond acceptors (Lipinski definition) is 0. The summed E-state index contributed by atoms with van der Waals surface area (Å²) >= 11 is -0.826. The average Bonchev–Trinajstić information content (AvgIpc) is 3.68. The summed E-state index contributed by atoms with van der Waals surface area (Å²) in [6.45, 7) is 20.0. The van der Waals surface area contributed by atoms with Crippen LogP contribution < -0.4 is 0 Å². The van der Waals surface area contributed by atoms with Gasteiger partial charge in [-0.3, -0.25) is 0 Å². The zero-order valence-corrected chi connectivity index (χ0v) is 35.3. The van der Waals surface area contributed by atoms with Crippen molar-refractivity contribution in [3.8, 4) is 22.3 Å². The van der Waals surface area contributed by atoms with Gasteiger partial charge >= 0.3 is 37.9 Å². The quantitative estimate of drug-likeness (QED) is 0.117. The van der Waals surface area contributed by atoms with Gasteiger partial charge in [-0.1, -0.05) is 140 Å². The topological polar surface area (TPSA) is 0 Å². The molecule has 0 amide bonds. The molecule has 0 atom stereocenters. The summed E-state index contributed by atoms with van der Waals surface area (Å²) in [4.78, 5) is 0. The first kappa shape index (κ1) is 40.2. The van der Waals surface area contributed by atoms with Crippen LogP contribution in [0.2, 0.25) is 13.1 Å². The molecule has 0 fully saturated rings. The SMILES string of the molecule is CCCCc1ccc(-c2cccc3[cH-]c(C(C)C)cc23)cc1.C[Si]C.Cc1cc2c(-c3ccc(C(C)(C)C)cc3)cccc2[cH-]1.[Cl][Zr+2][Cl]. The summed E-state index contributed by atoms with van der Waals surface area (Å²) in [6.07, 6.45) is 3.72. The predicted molar refractivity (Wildman–Crippen MR) is 215 cm³/mol. The molecule has 0 heterocycles. The molecule has 0 aliphatic rings.